The number of benzene rings is 2. The number of para-hydroxylation sites is 1. The third-order valence-electron chi connectivity index (χ3n) is 4.47. The largest absolute Gasteiger partial charge is 0.573 e. The molecule has 1 N–H and O–H groups in total. The van der Waals surface area contributed by atoms with Crippen LogP contribution < -0.4 is 10.1 Å². The molecule has 0 unspecified atom stereocenters. The molecule has 1 fully saturated rings. The van der Waals surface area contributed by atoms with Gasteiger partial charge in [0, 0.05) is 36.3 Å². The molecule has 2 aromatic carbocycles. The molecule has 4 nitrogen and oxygen atoms in total. The number of carbonyl (C=O) groups is 1. The van der Waals surface area contributed by atoms with E-state index in [0.717, 1.165) is 25.0 Å². The van der Waals surface area contributed by atoms with Crippen molar-refractivity contribution in [3.05, 3.63) is 65.2 Å². The number of alkyl halides is 3. The number of halogens is 5. The number of carbonyl (C=O) groups excluding carboxylic acids is 1. The molecule has 3 rings (SSSR count). The van der Waals surface area contributed by atoms with Crippen LogP contribution in [0.3, 0.4) is 0 Å². The number of nitrogens with zero attached hydrogens (tertiary/aromatic N) is 1. The number of hydrogen-bond donors (Lipinski definition) is 1. The second-order valence-electron chi connectivity index (χ2n) is 6.80. The molecule has 1 aliphatic carbocycles. The van der Waals surface area contributed by atoms with Crippen LogP contribution in [0.15, 0.2) is 42.5 Å². The molecule has 0 saturated heterocycles. The first-order valence-corrected chi connectivity index (χ1v) is 8.99. The highest BCUT2D eigenvalue weighted by Gasteiger charge is 2.32. The van der Waals surface area contributed by atoms with E-state index in [1.807, 2.05) is 0 Å². The van der Waals surface area contributed by atoms with Crippen LogP contribution in [0.2, 0.25) is 0 Å². The highest BCUT2D eigenvalue weighted by Crippen LogP contribution is 2.29. The maximum absolute atomic E-state index is 13.9. The van der Waals surface area contributed by atoms with Crippen molar-refractivity contribution in [2.24, 2.45) is 0 Å². The van der Waals surface area contributed by atoms with Gasteiger partial charge in [0.05, 0.1) is 6.54 Å². The predicted octanol–water partition coefficient (Wildman–Crippen LogP) is 4.14. The molecule has 0 aromatic heterocycles. The molecule has 0 bridgehead atoms. The maximum atomic E-state index is 13.9. The first kappa shape index (κ1) is 21.0. The van der Waals surface area contributed by atoms with Gasteiger partial charge in [0.25, 0.3) is 0 Å². The molecule has 1 aliphatic rings. The minimum absolute atomic E-state index is 0.0518. The van der Waals surface area contributed by atoms with E-state index in [2.05, 4.69) is 10.1 Å². The molecule has 0 aliphatic heterocycles. The fraction of sp³-hybridized carbons (Fsp3) is 0.350. The summed E-state index contributed by atoms with van der Waals surface area (Å²) >= 11 is 0. The van der Waals surface area contributed by atoms with E-state index in [0.29, 0.717) is 0 Å². The molecule has 0 radical (unpaired) electrons. The Kier molecular flexibility index (Phi) is 6.36. The molecule has 1 saturated carbocycles. The Balaban J connectivity index is 1.59. The van der Waals surface area contributed by atoms with Crippen LogP contribution in [0.1, 0.15) is 24.0 Å². The average Bonchev–Trinajstić information content (AvgIpc) is 3.46. The molecule has 29 heavy (non-hydrogen) atoms. The van der Waals surface area contributed by atoms with E-state index in [-0.39, 0.29) is 42.6 Å². The Bertz CT molecular complexity index is 868. The van der Waals surface area contributed by atoms with Crippen molar-refractivity contribution in [2.75, 3.05) is 6.54 Å². The van der Waals surface area contributed by atoms with Gasteiger partial charge in [-0.15, -0.1) is 13.2 Å². The molecule has 2 aromatic rings. The molecular weight excluding hydrogens is 395 g/mol. The minimum Gasteiger partial charge on any atom is -0.405 e. The van der Waals surface area contributed by atoms with Crippen LogP contribution in [-0.4, -0.2) is 29.8 Å². The van der Waals surface area contributed by atoms with Gasteiger partial charge < -0.3 is 10.1 Å². The van der Waals surface area contributed by atoms with E-state index in [1.165, 1.54) is 24.3 Å². The summed E-state index contributed by atoms with van der Waals surface area (Å²) in [5.74, 6) is -2.16. The third-order valence-corrected chi connectivity index (χ3v) is 4.47. The van der Waals surface area contributed by atoms with E-state index < -0.39 is 23.9 Å². The quantitative estimate of drug-likeness (QED) is 0.660. The molecule has 156 valence electrons. The lowest BCUT2D eigenvalue weighted by atomic mass is 10.2. The molecule has 9 heteroatoms. The zero-order chi connectivity index (χ0) is 21.0. The first-order chi connectivity index (χ1) is 13.7. The summed E-state index contributed by atoms with van der Waals surface area (Å²) < 4.78 is 68.4. The Labute approximate surface area is 164 Å². The lowest BCUT2D eigenvalue weighted by molar-refractivity contribution is -0.274. The second kappa shape index (κ2) is 8.77. The summed E-state index contributed by atoms with van der Waals surface area (Å²) in [5.41, 5.74) is 0.454. The van der Waals surface area contributed by atoms with Crippen LogP contribution in [0, 0.1) is 11.6 Å². The van der Waals surface area contributed by atoms with Crippen LogP contribution >= 0.6 is 0 Å². The van der Waals surface area contributed by atoms with Gasteiger partial charge >= 0.3 is 6.36 Å². The molecule has 0 heterocycles. The fourth-order valence-electron chi connectivity index (χ4n) is 2.93. The standard InChI is InChI=1S/C20H19F5N2O2/c21-15-6-5-14(17(22)9-15)11-27(16-7-8-16)12-19(28)26-10-13-3-1-2-4-18(13)29-20(23,24)25/h1-6,9,16H,7-8,10-12H2,(H,26,28). The summed E-state index contributed by atoms with van der Waals surface area (Å²) in [6.07, 6.45) is -3.11. The van der Waals surface area contributed by atoms with Crippen molar-refractivity contribution < 1.29 is 31.5 Å². The van der Waals surface area contributed by atoms with Crippen molar-refractivity contribution in [3.63, 3.8) is 0 Å². The Hall–Kier alpha value is -2.68. The third kappa shape index (κ3) is 6.42. The van der Waals surface area contributed by atoms with Crippen LogP contribution in [0.4, 0.5) is 22.0 Å². The van der Waals surface area contributed by atoms with Gasteiger partial charge in [-0.25, -0.2) is 8.78 Å². The summed E-state index contributed by atoms with van der Waals surface area (Å²) in [7, 11) is 0. The zero-order valence-corrected chi connectivity index (χ0v) is 15.3. The van der Waals surface area contributed by atoms with Gasteiger partial charge in [-0.2, -0.15) is 0 Å². The molecular formula is C20H19F5N2O2. The van der Waals surface area contributed by atoms with Crippen molar-refractivity contribution in [1.29, 1.82) is 0 Å². The number of amides is 1. The van der Waals surface area contributed by atoms with Crippen molar-refractivity contribution in [1.82, 2.24) is 10.2 Å². The van der Waals surface area contributed by atoms with Crippen molar-refractivity contribution in [2.45, 2.75) is 38.3 Å². The monoisotopic (exact) mass is 414 g/mol. The number of nitrogens with one attached hydrogen (secondary N) is 1. The van der Waals surface area contributed by atoms with Gasteiger partial charge in [-0.3, -0.25) is 9.69 Å². The van der Waals surface area contributed by atoms with Crippen LogP contribution in [0.5, 0.6) is 5.75 Å². The minimum atomic E-state index is -4.83. The SMILES string of the molecule is O=C(CN(Cc1ccc(F)cc1F)C1CC1)NCc1ccccc1OC(F)(F)F. The summed E-state index contributed by atoms with van der Waals surface area (Å²) in [6, 6.07) is 8.93. The highest BCUT2D eigenvalue weighted by molar-refractivity contribution is 5.78. The van der Waals surface area contributed by atoms with Gasteiger partial charge in [0.2, 0.25) is 5.91 Å². The van der Waals surface area contributed by atoms with E-state index in [1.54, 1.807) is 11.0 Å². The summed E-state index contributed by atoms with van der Waals surface area (Å²) in [6.45, 7) is -0.0593. The predicted molar refractivity (Wildman–Crippen MR) is 94.8 cm³/mol. The fourth-order valence-corrected chi connectivity index (χ4v) is 2.93. The van der Waals surface area contributed by atoms with Crippen LogP contribution in [-0.2, 0) is 17.9 Å². The lowest BCUT2D eigenvalue weighted by Crippen LogP contribution is -2.38. The number of ether oxygens (including phenoxy) is 1. The van der Waals surface area contributed by atoms with Gasteiger partial charge in [0.1, 0.15) is 17.4 Å². The molecule has 0 spiro atoms. The summed E-state index contributed by atoms with van der Waals surface area (Å²) in [5, 5.41) is 2.57. The number of hydrogen-bond acceptors (Lipinski definition) is 3. The maximum Gasteiger partial charge on any atom is 0.573 e. The van der Waals surface area contributed by atoms with E-state index in [9.17, 15) is 26.7 Å². The average molecular weight is 414 g/mol. The van der Waals surface area contributed by atoms with Crippen molar-refractivity contribution >= 4 is 5.91 Å². The van der Waals surface area contributed by atoms with E-state index >= 15 is 0 Å². The first-order valence-electron chi connectivity index (χ1n) is 8.99. The smallest absolute Gasteiger partial charge is 0.405 e. The summed E-state index contributed by atoms with van der Waals surface area (Å²) in [4.78, 5) is 14.1. The zero-order valence-electron chi connectivity index (χ0n) is 15.3. The molecule has 0 atom stereocenters. The lowest BCUT2D eigenvalue weighted by Gasteiger charge is -2.22. The van der Waals surface area contributed by atoms with Gasteiger partial charge in [-0.05, 0) is 25.0 Å². The number of rotatable bonds is 8. The Morgan fingerprint density at radius 2 is 1.83 bits per heavy atom. The van der Waals surface area contributed by atoms with E-state index in [4.69, 9.17) is 0 Å². The normalized spacial score (nSPS) is 14.1. The molecule has 1 amide bonds. The topological polar surface area (TPSA) is 41.6 Å². The van der Waals surface area contributed by atoms with Gasteiger partial charge in [-0.1, -0.05) is 24.3 Å². The van der Waals surface area contributed by atoms with Crippen molar-refractivity contribution in [3.8, 4) is 5.75 Å². The second-order valence-corrected chi connectivity index (χ2v) is 6.80. The Morgan fingerprint density at radius 1 is 1.10 bits per heavy atom. The highest BCUT2D eigenvalue weighted by atomic mass is 19.4. The van der Waals surface area contributed by atoms with Gasteiger partial charge in [0.15, 0.2) is 0 Å². The Morgan fingerprint density at radius 3 is 2.48 bits per heavy atom. The van der Waals surface area contributed by atoms with Crippen LogP contribution in [0.25, 0.3) is 0 Å².